The zero-order valence-electron chi connectivity index (χ0n) is 23.0. The molecule has 0 saturated carbocycles. The first-order valence-corrected chi connectivity index (χ1v) is 14.3. The summed E-state index contributed by atoms with van der Waals surface area (Å²) >= 11 is 1.87. The van der Waals surface area contributed by atoms with Gasteiger partial charge in [0.25, 0.3) is 0 Å². The first kappa shape index (κ1) is 23.9. The molecular formula is C36H30N2S. The van der Waals surface area contributed by atoms with Gasteiger partial charge < -0.3 is 0 Å². The number of benzene rings is 5. The average Bonchev–Trinajstić information content (AvgIpc) is 3.46. The predicted molar refractivity (Wildman–Crippen MR) is 169 cm³/mol. The summed E-state index contributed by atoms with van der Waals surface area (Å²) in [7, 11) is 0. The zero-order valence-corrected chi connectivity index (χ0v) is 23.8. The molecule has 0 radical (unpaired) electrons. The van der Waals surface area contributed by atoms with Crippen LogP contribution >= 0.6 is 11.3 Å². The Hall–Kier alpha value is -4.21. The summed E-state index contributed by atoms with van der Waals surface area (Å²) in [5.74, 6) is 0.986. The highest BCUT2D eigenvalue weighted by Gasteiger charge is 2.19. The van der Waals surface area contributed by atoms with Gasteiger partial charge in [0.2, 0.25) is 0 Å². The van der Waals surface area contributed by atoms with E-state index in [4.69, 9.17) is 4.98 Å². The van der Waals surface area contributed by atoms with Crippen molar-refractivity contribution in [3.8, 4) is 28.2 Å². The van der Waals surface area contributed by atoms with Crippen molar-refractivity contribution in [2.75, 3.05) is 0 Å². The van der Waals surface area contributed by atoms with Crippen molar-refractivity contribution < 1.29 is 0 Å². The molecule has 0 unspecified atom stereocenters. The topological polar surface area (TPSA) is 17.8 Å². The molecule has 39 heavy (non-hydrogen) atoms. The number of aromatic nitrogens is 2. The van der Waals surface area contributed by atoms with E-state index in [0.29, 0.717) is 0 Å². The Bertz CT molecular complexity index is 2030. The summed E-state index contributed by atoms with van der Waals surface area (Å²) in [5.41, 5.74) is 13.6. The molecule has 0 atom stereocenters. The number of nitrogens with zero attached hydrogens (tertiary/aromatic N) is 2. The van der Waals surface area contributed by atoms with Crippen LogP contribution in [0, 0.1) is 34.6 Å². The van der Waals surface area contributed by atoms with Gasteiger partial charge in [0.05, 0.1) is 16.7 Å². The fourth-order valence-corrected chi connectivity index (χ4v) is 7.44. The Labute approximate surface area is 233 Å². The third-order valence-electron chi connectivity index (χ3n) is 7.92. The lowest BCUT2D eigenvalue weighted by atomic mass is 9.95. The number of fused-ring (bicyclic) bond motifs is 4. The fourth-order valence-electron chi connectivity index (χ4n) is 6.31. The third-order valence-corrected chi connectivity index (χ3v) is 9.05. The molecule has 2 heterocycles. The van der Waals surface area contributed by atoms with Gasteiger partial charge in [-0.15, -0.1) is 11.3 Å². The molecule has 0 aliphatic rings. The monoisotopic (exact) mass is 522 g/mol. The van der Waals surface area contributed by atoms with Crippen LogP contribution in [-0.4, -0.2) is 9.55 Å². The van der Waals surface area contributed by atoms with E-state index in [1.54, 1.807) is 0 Å². The summed E-state index contributed by atoms with van der Waals surface area (Å²) in [5, 5.41) is 2.59. The Balaban J connectivity index is 1.45. The normalized spacial score (nSPS) is 11.7. The Morgan fingerprint density at radius 2 is 1.31 bits per heavy atom. The SMILES string of the molecule is Cc1cc(C)c(-n2c(-c3ccc4sc5cc(-c6c(C)cccc6C)ccc5c4c3)nc3ccccc32)c(C)c1. The molecular weight excluding hydrogens is 492 g/mol. The van der Waals surface area contributed by atoms with Crippen molar-refractivity contribution in [1.82, 2.24) is 9.55 Å². The van der Waals surface area contributed by atoms with E-state index in [1.807, 2.05) is 11.3 Å². The molecule has 0 bridgehead atoms. The molecule has 190 valence electrons. The summed E-state index contributed by atoms with van der Waals surface area (Å²) in [4.78, 5) is 5.17. The van der Waals surface area contributed by atoms with E-state index in [-0.39, 0.29) is 0 Å². The molecule has 0 spiro atoms. The quantitative estimate of drug-likeness (QED) is 0.226. The Morgan fingerprint density at radius 1 is 0.590 bits per heavy atom. The minimum atomic E-state index is 0.986. The van der Waals surface area contributed by atoms with Crippen LogP contribution < -0.4 is 0 Å². The molecule has 0 aliphatic heterocycles. The lowest BCUT2D eigenvalue weighted by Crippen LogP contribution is -2.03. The van der Waals surface area contributed by atoms with Gasteiger partial charge in [-0.3, -0.25) is 4.57 Å². The van der Waals surface area contributed by atoms with Gasteiger partial charge in [0, 0.05) is 25.7 Å². The lowest BCUT2D eigenvalue weighted by Gasteiger charge is -2.16. The summed E-state index contributed by atoms with van der Waals surface area (Å²) < 4.78 is 4.98. The van der Waals surface area contributed by atoms with Gasteiger partial charge in [0.1, 0.15) is 5.82 Å². The van der Waals surface area contributed by atoms with E-state index in [0.717, 1.165) is 22.4 Å². The molecule has 0 fully saturated rings. The predicted octanol–water partition coefficient (Wildman–Crippen LogP) is 10.3. The van der Waals surface area contributed by atoms with Crippen molar-refractivity contribution >= 4 is 42.5 Å². The smallest absolute Gasteiger partial charge is 0.145 e. The second kappa shape index (κ2) is 8.93. The van der Waals surface area contributed by atoms with E-state index in [2.05, 4.69) is 130 Å². The van der Waals surface area contributed by atoms with E-state index in [1.165, 1.54) is 64.8 Å². The second-order valence-electron chi connectivity index (χ2n) is 10.8. The van der Waals surface area contributed by atoms with Crippen LogP contribution in [0.2, 0.25) is 0 Å². The average molecular weight is 523 g/mol. The van der Waals surface area contributed by atoms with Crippen molar-refractivity contribution in [2.45, 2.75) is 34.6 Å². The van der Waals surface area contributed by atoms with Crippen molar-refractivity contribution in [2.24, 2.45) is 0 Å². The highest BCUT2D eigenvalue weighted by molar-refractivity contribution is 7.25. The second-order valence-corrected chi connectivity index (χ2v) is 11.9. The highest BCUT2D eigenvalue weighted by Crippen LogP contribution is 2.40. The number of imidazole rings is 1. The fraction of sp³-hybridized carbons (Fsp3) is 0.139. The number of para-hydroxylation sites is 2. The van der Waals surface area contributed by atoms with Crippen molar-refractivity contribution in [1.29, 1.82) is 0 Å². The first-order valence-electron chi connectivity index (χ1n) is 13.5. The largest absolute Gasteiger partial charge is 0.292 e. The molecule has 0 saturated heterocycles. The van der Waals surface area contributed by atoms with Crippen LogP contribution in [0.25, 0.3) is 59.4 Å². The van der Waals surface area contributed by atoms with Gasteiger partial charge in [-0.1, -0.05) is 60.2 Å². The molecule has 0 aliphatic carbocycles. The lowest BCUT2D eigenvalue weighted by molar-refractivity contribution is 1.06. The summed E-state index contributed by atoms with van der Waals surface area (Å²) in [6, 6.07) is 33.3. The molecule has 5 aromatic carbocycles. The van der Waals surface area contributed by atoms with Crippen molar-refractivity contribution in [3.63, 3.8) is 0 Å². The van der Waals surface area contributed by atoms with E-state index in [9.17, 15) is 0 Å². The van der Waals surface area contributed by atoms with Crippen LogP contribution in [0.15, 0.2) is 91.0 Å². The molecule has 0 amide bonds. The molecule has 3 heteroatoms. The number of hydrogen-bond acceptors (Lipinski definition) is 2. The number of aryl methyl sites for hydroxylation is 5. The van der Waals surface area contributed by atoms with Gasteiger partial charge in [-0.2, -0.15) is 0 Å². The van der Waals surface area contributed by atoms with E-state index < -0.39 is 0 Å². The van der Waals surface area contributed by atoms with Crippen LogP contribution in [-0.2, 0) is 0 Å². The molecule has 2 nitrogen and oxygen atoms in total. The van der Waals surface area contributed by atoms with E-state index >= 15 is 0 Å². The highest BCUT2D eigenvalue weighted by atomic mass is 32.1. The number of rotatable bonds is 3. The number of hydrogen-bond donors (Lipinski definition) is 0. The van der Waals surface area contributed by atoms with Crippen LogP contribution in [0.4, 0.5) is 0 Å². The zero-order chi connectivity index (χ0) is 26.8. The molecule has 0 N–H and O–H groups in total. The standard InChI is InChI=1S/C36H30N2S/c1-21-17-24(4)35(25(5)18-21)38-31-12-7-6-11-30(31)37-36(38)27-14-16-32-29(19-27)28-15-13-26(20-33(28)39-32)34-22(2)9-8-10-23(34)3/h6-20H,1-5H3. The van der Waals surface area contributed by atoms with Crippen LogP contribution in [0.5, 0.6) is 0 Å². The Kier molecular flexibility index (Phi) is 5.47. The van der Waals surface area contributed by atoms with Gasteiger partial charge in [-0.05, 0) is 104 Å². The van der Waals surface area contributed by atoms with Crippen LogP contribution in [0.1, 0.15) is 27.8 Å². The van der Waals surface area contributed by atoms with Crippen LogP contribution in [0.3, 0.4) is 0 Å². The van der Waals surface area contributed by atoms with Gasteiger partial charge in [0.15, 0.2) is 0 Å². The molecule has 2 aromatic heterocycles. The maximum Gasteiger partial charge on any atom is 0.145 e. The Morgan fingerprint density at radius 3 is 2.08 bits per heavy atom. The van der Waals surface area contributed by atoms with Gasteiger partial charge >= 0.3 is 0 Å². The number of thiophene rings is 1. The minimum absolute atomic E-state index is 0.986. The van der Waals surface area contributed by atoms with Crippen molar-refractivity contribution in [3.05, 3.63) is 119 Å². The minimum Gasteiger partial charge on any atom is -0.292 e. The maximum absolute atomic E-state index is 5.17. The molecule has 7 aromatic rings. The summed E-state index contributed by atoms with van der Waals surface area (Å²) in [6.07, 6.45) is 0. The maximum atomic E-state index is 5.17. The summed E-state index contributed by atoms with van der Waals surface area (Å²) in [6.45, 7) is 11.0. The molecule has 7 rings (SSSR count). The van der Waals surface area contributed by atoms with Gasteiger partial charge in [-0.25, -0.2) is 4.98 Å². The first-order chi connectivity index (χ1) is 18.9. The third kappa shape index (κ3) is 3.80.